The molecular formula is C22H28N8O2S2. The fourth-order valence-electron chi connectivity index (χ4n) is 3.68. The van der Waals surface area contributed by atoms with E-state index < -0.39 is 0 Å². The van der Waals surface area contributed by atoms with E-state index in [2.05, 4.69) is 37.5 Å². The summed E-state index contributed by atoms with van der Waals surface area (Å²) in [5, 5.41) is 17.1. The van der Waals surface area contributed by atoms with Gasteiger partial charge < -0.3 is 10.1 Å². The van der Waals surface area contributed by atoms with E-state index in [4.69, 9.17) is 17.0 Å². The lowest BCUT2D eigenvalue weighted by molar-refractivity contribution is -0.119. The Labute approximate surface area is 207 Å². The van der Waals surface area contributed by atoms with Gasteiger partial charge in [-0.3, -0.25) is 24.9 Å². The molecule has 4 rings (SSSR count). The monoisotopic (exact) mass is 500 g/mol. The lowest BCUT2D eigenvalue weighted by atomic mass is 10.1. The van der Waals surface area contributed by atoms with E-state index in [1.807, 2.05) is 49.9 Å². The molecule has 0 radical (unpaired) electrons. The number of amides is 1. The summed E-state index contributed by atoms with van der Waals surface area (Å²) in [5.74, 6) is 0.571. The number of aryl methyl sites for hydroxylation is 3. The van der Waals surface area contributed by atoms with E-state index in [-0.39, 0.29) is 17.8 Å². The van der Waals surface area contributed by atoms with E-state index >= 15 is 0 Å². The van der Waals surface area contributed by atoms with Crippen LogP contribution in [0.3, 0.4) is 0 Å². The van der Waals surface area contributed by atoms with Crippen LogP contribution in [0, 0.1) is 13.8 Å². The summed E-state index contributed by atoms with van der Waals surface area (Å²) in [6.45, 7) is 5.41. The van der Waals surface area contributed by atoms with Gasteiger partial charge >= 0.3 is 0 Å². The molecule has 2 aromatic heterocycles. The number of carbonyl (C=O) groups is 1. The average molecular weight is 501 g/mol. The molecule has 1 saturated heterocycles. The van der Waals surface area contributed by atoms with Crippen LogP contribution in [0.15, 0.2) is 35.6 Å². The van der Waals surface area contributed by atoms with Gasteiger partial charge in [0.1, 0.15) is 5.69 Å². The highest BCUT2D eigenvalue weighted by atomic mass is 32.2. The number of anilines is 1. The van der Waals surface area contributed by atoms with Crippen molar-refractivity contribution >= 4 is 40.7 Å². The van der Waals surface area contributed by atoms with Gasteiger partial charge in [-0.25, -0.2) is 0 Å². The molecule has 0 saturated carbocycles. The molecule has 10 nitrogen and oxygen atoms in total. The summed E-state index contributed by atoms with van der Waals surface area (Å²) in [4.78, 5) is 12.4. The summed E-state index contributed by atoms with van der Waals surface area (Å²) < 4.78 is 9.52. The third-order valence-corrected chi connectivity index (χ3v) is 6.52. The number of nitrogens with zero attached hydrogens (tertiary/aromatic N) is 5. The number of ether oxygens (including phenoxy) is 1. The van der Waals surface area contributed by atoms with Crippen molar-refractivity contribution in [3.63, 3.8) is 0 Å². The molecule has 34 heavy (non-hydrogen) atoms. The minimum absolute atomic E-state index is 0.0991. The highest BCUT2D eigenvalue weighted by Gasteiger charge is 2.23. The average Bonchev–Trinajstić information content (AvgIpc) is 3.55. The van der Waals surface area contributed by atoms with Gasteiger partial charge in [-0.15, -0.1) is 10.2 Å². The fraction of sp³-hybridized carbons (Fsp3) is 0.409. The second-order valence-electron chi connectivity index (χ2n) is 8.16. The normalized spacial score (nSPS) is 15.3. The number of thiocarbonyl (C=S) groups is 1. The Balaban J connectivity index is 1.34. The Morgan fingerprint density at radius 2 is 2.12 bits per heavy atom. The summed E-state index contributed by atoms with van der Waals surface area (Å²) >= 11 is 6.60. The highest BCUT2D eigenvalue weighted by molar-refractivity contribution is 7.99. The SMILES string of the molecule is Cc1ccc(NC(=S)NNC(=O)CSc2nnc(-c3ccn(C)n3)n2C[C@H]2CCCO2)c(C)c1. The molecule has 1 aromatic carbocycles. The molecule has 1 amide bonds. The van der Waals surface area contributed by atoms with Crippen molar-refractivity contribution in [3.05, 3.63) is 41.6 Å². The molecule has 0 spiro atoms. The Kier molecular flexibility index (Phi) is 7.80. The zero-order chi connectivity index (χ0) is 24.1. The first-order valence-electron chi connectivity index (χ1n) is 11.0. The van der Waals surface area contributed by atoms with Crippen LogP contribution in [-0.4, -0.2) is 54.0 Å². The van der Waals surface area contributed by atoms with Crippen molar-refractivity contribution in [3.8, 4) is 11.5 Å². The molecule has 1 aliphatic rings. The van der Waals surface area contributed by atoms with Gasteiger partial charge in [-0.1, -0.05) is 29.5 Å². The Morgan fingerprint density at radius 1 is 1.26 bits per heavy atom. The molecule has 1 fully saturated rings. The van der Waals surface area contributed by atoms with Crippen molar-refractivity contribution < 1.29 is 9.53 Å². The van der Waals surface area contributed by atoms with E-state index in [9.17, 15) is 4.79 Å². The third-order valence-electron chi connectivity index (χ3n) is 5.35. The van der Waals surface area contributed by atoms with Crippen LogP contribution in [0.1, 0.15) is 24.0 Å². The van der Waals surface area contributed by atoms with E-state index in [1.165, 1.54) is 17.3 Å². The molecule has 3 N–H and O–H groups in total. The van der Waals surface area contributed by atoms with Gasteiger partial charge in [-0.05, 0) is 56.6 Å². The molecule has 1 aliphatic heterocycles. The predicted octanol–water partition coefficient (Wildman–Crippen LogP) is 2.58. The molecule has 12 heteroatoms. The molecule has 3 aromatic rings. The quantitative estimate of drug-likeness (QED) is 0.256. The number of carbonyl (C=O) groups excluding carboxylic acids is 1. The van der Waals surface area contributed by atoms with E-state index in [0.29, 0.717) is 22.6 Å². The lowest BCUT2D eigenvalue weighted by Gasteiger charge is -2.15. The first kappa shape index (κ1) is 24.2. The fourth-order valence-corrected chi connectivity index (χ4v) is 4.58. The summed E-state index contributed by atoms with van der Waals surface area (Å²) in [7, 11) is 1.86. The largest absolute Gasteiger partial charge is 0.376 e. The predicted molar refractivity (Wildman–Crippen MR) is 135 cm³/mol. The van der Waals surface area contributed by atoms with Crippen molar-refractivity contribution in [2.45, 2.75) is 44.5 Å². The molecule has 3 heterocycles. The Morgan fingerprint density at radius 3 is 2.82 bits per heavy atom. The van der Waals surface area contributed by atoms with Gasteiger partial charge in [0.2, 0.25) is 5.91 Å². The van der Waals surface area contributed by atoms with Crippen LogP contribution in [0.25, 0.3) is 11.5 Å². The zero-order valence-electron chi connectivity index (χ0n) is 19.4. The smallest absolute Gasteiger partial charge is 0.248 e. The van der Waals surface area contributed by atoms with Crippen LogP contribution in [-0.2, 0) is 23.1 Å². The number of hydrogen-bond acceptors (Lipinski definition) is 7. The molecule has 180 valence electrons. The number of thioether (sulfide) groups is 1. The lowest BCUT2D eigenvalue weighted by Crippen LogP contribution is -2.44. The molecule has 0 bridgehead atoms. The molecule has 0 unspecified atom stereocenters. The van der Waals surface area contributed by atoms with Gasteiger partial charge in [0.25, 0.3) is 0 Å². The Bertz CT molecular complexity index is 1170. The first-order valence-corrected chi connectivity index (χ1v) is 12.4. The topological polar surface area (TPSA) is 111 Å². The number of benzene rings is 1. The summed E-state index contributed by atoms with van der Waals surface area (Å²) in [5.41, 5.74) is 9.23. The number of nitrogens with one attached hydrogen (secondary N) is 3. The first-order chi connectivity index (χ1) is 16.4. The van der Waals surface area contributed by atoms with Gasteiger partial charge in [-0.2, -0.15) is 5.10 Å². The second kappa shape index (κ2) is 11.0. The summed E-state index contributed by atoms with van der Waals surface area (Å²) in [6.07, 6.45) is 3.99. The molecule has 0 aliphatic carbocycles. The Hall–Kier alpha value is -2.96. The van der Waals surface area contributed by atoms with Crippen molar-refractivity contribution in [1.29, 1.82) is 0 Å². The van der Waals surface area contributed by atoms with Crippen LogP contribution < -0.4 is 16.2 Å². The number of hydrogen-bond donors (Lipinski definition) is 3. The van der Waals surface area contributed by atoms with Crippen LogP contribution in [0.5, 0.6) is 0 Å². The standard InChI is InChI=1S/C22H28N8O2S2/c1-14-6-7-17(15(2)11-14)23-21(33)26-24-19(31)13-34-22-27-25-20(18-8-9-29(3)28-18)30(22)12-16-5-4-10-32-16/h6-9,11,16H,4-5,10,12-13H2,1-3H3,(H,24,31)(H2,23,26,33)/t16-/m1/s1. The van der Waals surface area contributed by atoms with E-state index in [0.717, 1.165) is 36.4 Å². The number of aromatic nitrogens is 5. The van der Waals surface area contributed by atoms with Crippen molar-refractivity contribution in [2.24, 2.45) is 7.05 Å². The van der Waals surface area contributed by atoms with Gasteiger partial charge in [0.15, 0.2) is 16.1 Å². The maximum atomic E-state index is 12.4. The van der Waals surface area contributed by atoms with Crippen LogP contribution in [0.2, 0.25) is 0 Å². The molecule has 1 atom stereocenters. The molecular weight excluding hydrogens is 472 g/mol. The van der Waals surface area contributed by atoms with Crippen molar-refractivity contribution in [2.75, 3.05) is 17.7 Å². The van der Waals surface area contributed by atoms with Crippen LogP contribution in [0.4, 0.5) is 5.69 Å². The van der Waals surface area contributed by atoms with E-state index in [1.54, 1.807) is 4.68 Å². The zero-order valence-corrected chi connectivity index (χ0v) is 21.0. The van der Waals surface area contributed by atoms with Gasteiger partial charge in [0.05, 0.1) is 18.4 Å². The maximum Gasteiger partial charge on any atom is 0.248 e. The summed E-state index contributed by atoms with van der Waals surface area (Å²) in [6, 6.07) is 7.91. The number of hydrazine groups is 1. The maximum absolute atomic E-state index is 12.4. The minimum Gasteiger partial charge on any atom is -0.376 e. The highest BCUT2D eigenvalue weighted by Crippen LogP contribution is 2.25. The number of rotatable bonds is 7. The van der Waals surface area contributed by atoms with Crippen LogP contribution >= 0.6 is 24.0 Å². The second-order valence-corrected chi connectivity index (χ2v) is 9.51. The third kappa shape index (κ3) is 6.13. The van der Waals surface area contributed by atoms with Gasteiger partial charge in [0, 0.05) is 25.5 Å². The van der Waals surface area contributed by atoms with Crippen molar-refractivity contribution in [1.82, 2.24) is 35.4 Å². The minimum atomic E-state index is -0.235.